The van der Waals surface area contributed by atoms with Gasteiger partial charge in [-0.15, -0.1) is 0 Å². The summed E-state index contributed by atoms with van der Waals surface area (Å²) in [6.45, 7) is 0.517. The van der Waals surface area contributed by atoms with Crippen molar-refractivity contribution < 1.29 is 27.4 Å². The van der Waals surface area contributed by atoms with Crippen molar-refractivity contribution in [2.75, 3.05) is 17.1 Å². The minimum Gasteiger partial charge on any atom is -0.478 e. The molecule has 20 heavy (non-hydrogen) atoms. The zero-order valence-electron chi connectivity index (χ0n) is 10.5. The molecule has 0 aromatic heterocycles. The van der Waals surface area contributed by atoms with Crippen LogP contribution in [0.15, 0.2) is 18.2 Å². The highest BCUT2D eigenvalue weighted by atomic mass is 32.2. The fourth-order valence-electron chi connectivity index (χ4n) is 1.97. The van der Waals surface area contributed by atoms with E-state index < -0.39 is 27.9 Å². The summed E-state index contributed by atoms with van der Waals surface area (Å²) in [6.07, 6.45) is 1.03. The third-order valence-electron chi connectivity index (χ3n) is 2.91. The van der Waals surface area contributed by atoms with E-state index in [1.54, 1.807) is 0 Å². The quantitative estimate of drug-likeness (QED) is 0.858. The van der Waals surface area contributed by atoms with Crippen LogP contribution in [0.4, 0.5) is 10.1 Å². The van der Waals surface area contributed by atoms with Gasteiger partial charge in [-0.3, -0.25) is 4.72 Å². The topological polar surface area (TPSA) is 92.7 Å². The molecule has 6 nitrogen and oxygen atoms in total. The van der Waals surface area contributed by atoms with Gasteiger partial charge in [0.05, 0.1) is 23.1 Å². The average Bonchev–Trinajstić information content (AvgIpc) is 2.83. The Bertz CT molecular complexity index is 610. The summed E-state index contributed by atoms with van der Waals surface area (Å²) in [7, 11) is -3.79. The van der Waals surface area contributed by atoms with E-state index in [-0.39, 0.29) is 17.0 Å². The van der Waals surface area contributed by atoms with Crippen LogP contribution in [0, 0.1) is 5.82 Å². The SMILES string of the molecule is O=C(O)c1ccc(F)c(NS(=O)(=O)CC2CCCO2)c1. The normalized spacial score (nSPS) is 18.9. The minimum absolute atomic E-state index is 0.193. The first-order valence-corrected chi connectivity index (χ1v) is 7.67. The molecule has 110 valence electrons. The molecule has 1 aromatic rings. The Morgan fingerprint density at radius 3 is 2.85 bits per heavy atom. The van der Waals surface area contributed by atoms with E-state index in [0.717, 1.165) is 24.6 Å². The Labute approximate surface area is 115 Å². The van der Waals surface area contributed by atoms with Crippen molar-refractivity contribution in [1.29, 1.82) is 0 Å². The lowest BCUT2D eigenvalue weighted by atomic mass is 10.2. The molecule has 1 aromatic carbocycles. The van der Waals surface area contributed by atoms with Crippen LogP contribution in [0.25, 0.3) is 0 Å². The molecule has 1 saturated heterocycles. The molecular formula is C12H14FNO5S. The highest BCUT2D eigenvalue weighted by molar-refractivity contribution is 7.92. The third-order valence-corrected chi connectivity index (χ3v) is 4.25. The van der Waals surface area contributed by atoms with E-state index in [9.17, 15) is 17.6 Å². The minimum atomic E-state index is -3.79. The van der Waals surface area contributed by atoms with E-state index in [1.807, 2.05) is 0 Å². The lowest BCUT2D eigenvalue weighted by Gasteiger charge is -2.13. The maximum Gasteiger partial charge on any atom is 0.335 e. The number of carbonyl (C=O) groups is 1. The van der Waals surface area contributed by atoms with E-state index in [0.29, 0.717) is 13.0 Å². The molecule has 1 fully saturated rings. The Hall–Kier alpha value is -1.67. The number of carboxylic acid groups (broad SMARTS) is 1. The van der Waals surface area contributed by atoms with Gasteiger partial charge in [0.2, 0.25) is 10.0 Å². The number of hydrogen-bond acceptors (Lipinski definition) is 4. The predicted octanol–water partition coefficient (Wildman–Crippen LogP) is 1.44. The van der Waals surface area contributed by atoms with Gasteiger partial charge in [0.25, 0.3) is 0 Å². The summed E-state index contributed by atoms with van der Waals surface area (Å²) in [4.78, 5) is 10.8. The smallest absolute Gasteiger partial charge is 0.335 e. The van der Waals surface area contributed by atoms with Crippen molar-refractivity contribution in [1.82, 2.24) is 0 Å². The second-order valence-electron chi connectivity index (χ2n) is 4.52. The fourth-order valence-corrected chi connectivity index (χ4v) is 3.29. The molecule has 0 radical (unpaired) electrons. The van der Waals surface area contributed by atoms with Crippen molar-refractivity contribution >= 4 is 21.7 Å². The van der Waals surface area contributed by atoms with E-state index in [2.05, 4.69) is 4.72 Å². The fraction of sp³-hybridized carbons (Fsp3) is 0.417. The molecule has 0 amide bonds. The molecule has 0 bridgehead atoms. The van der Waals surface area contributed by atoms with E-state index in [1.165, 1.54) is 0 Å². The van der Waals surface area contributed by atoms with Crippen molar-refractivity contribution in [2.24, 2.45) is 0 Å². The molecule has 8 heteroatoms. The van der Waals surface area contributed by atoms with Crippen molar-refractivity contribution in [2.45, 2.75) is 18.9 Å². The number of rotatable bonds is 5. The van der Waals surface area contributed by atoms with Crippen molar-refractivity contribution in [3.05, 3.63) is 29.6 Å². The first-order chi connectivity index (χ1) is 9.37. The Morgan fingerprint density at radius 2 is 2.25 bits per heavy atom. The second-order valence-corrected chi connectivity index (χ2v) is 6.29. The zero-order valence-corrected chi connectivity index (χ0v) is 11.3. The first kappa shape index (κ1) is 14.7. The highest BCUT2D eigenvalue weighted by Crippen LogP contribution is 2.20. The van der Waals surface area contributed by atoms with Crippen LogP contribution in [0.2, 0.25) is 0 Å². The Kier molecular flexibility index (Phi) is 4.24. The van der Waals surface area contributed by atoms with Gasteiger partial charge in [-0.2, -0.15) is 0 Å². The molecule has 1 atom stereocenters. The molecular weight excluding hydrogens is 289 g/mol. The summed E-state index contributed by atoms with van der Waals surface area (Å²) < 4.78 is 44.6. The van der Waals surface area contributed by atoms with Gasteiger partial charge in [0, 0.05) is 6.61 Å². The first-order valence-electron chi connectivity index (χ1n) is 6.02. The number of benzene rings is 1. The predicted molar refractivity (Wildman–Crippen MR) is 69.7 cm³/mol. The number of hydrogen-bond donors (Lipinski definition) is 2. The molecule has 2 rings (SSSR count). The van der Waals surface area contributed by atoms with Crippen LogP contribution in [0.3, 0.4) is 0 Å². The summed E-state index contributed by atoms with van der Waals surface area (Å²) in [5, 5.41) is 8.81. The van der Waals surface area contributed by atoms with Crippen LogP contribution < -0.4 is 4.72 Å². The monoisotopic (exact) mass is 303 g/mol. The Balaban J connectivity index is 2.15. The highest BCUT2D eigenvalue weighted by Gasteiger charge is 2.24. The van der Waals surface area contributed by atoms with Crippen molar-refractivity contribution in [3.63, 3.8) is 0 Å². The number of anilines is 1. The van der Waals surface area contributed by atoms with E-state index >= 15 is 0 Å². The number of aromatic carboxylic acids is 1. The lowest BCUT2D eigenvalue weighted by Crippen LogP contribution is -2.26. The number of nitrogens with one attached hydrogen (secondary N) is 1. The Morgan fingerprint density at radius 1 is 1.50 bits per heavy atom. The summed E-state index contributed by atoms with van der Waals surface area (Å²) in [6, 6.07) is 2.92. The third kappa shape index (κ3) is 3.67. The number of carboxylic acids is 1. The van der Waals surface area contributed by atoms with Crippen LogP contribution in [-0.2, 0) is 14.8 Å². The van der Waals surface area contributed by atoms with E-state index in [4.69, 9.17) is 9.84 Å². The lowest BCUT2D eigenvalue weighted by molar-refractivity contribution is 0.0697. The molecule has 1 heterocycles. The number of sulfonamides is 1. The maximum atomic E-state index is 13.5. The molecule has 1 aliphatic rings. The molecule has 1 aliphatic heterocycles. The maximum absolute atomic E-state index is 13.5. The van der Waals surface area contributed by atoms with Gasteiger partial charge in [-0.1, -0.05) is 0 Å². The van der Waals surface area contributed by atoms with Gasteiger partial charge in [-0.05, 0) is 31.0 Å². The van der Waals surface area contributed by atoms with Gasteiger partial charge in [0.15, 0.2) is 0 Å². The van der Waals surface area contributed by atoms with Crippen LogP contribution in [0.1, 0.15) is 23.2 Å². The average molecular weight is 303 g/mol. The summed E-state index contributed by atoms with van der Waals surface area (Å²) >= 11 is 0. The second kappa shape index (κ2) is 5.76. The van der Waals surface area contributed by atoms with Crippen molar-refractivity contribution in [3.8, 4) is 0 Å². The van der Waals surface area contributed by atoms with Crippen LogP contribution in [0.5, 0.6) is 0 Å². The van der Waals surface area contributed by atoms with Gasteiger partial charge >= 0.3 is 5.97 Å². The number of halogens is 1. The molecule has 2 N–H and O–H groups in total. The molecule has 1 unspecified atom stereocenters. The molecule has 0 saturated carbocycles. The van der Waals surface area contributed by atoms with Crippen LogP contribution in [-0.4, -0.2) is 38.0 Å². The standard InChI is InChI=1S/C12H14FNO5S/c13-10-4-3-8(12(15)16)6-11(10)14-20(17,18)7-9-2-1-5-19-9/h3-4,6,9,14H,1-2,5,7H2,(H,15,16). The summed E-state index contributed by atoms with van der Waals surface area (Å²) in [5.74, 6) is -2.36. The van der Waals surface area contributed by atoms with Gasteiger partial charge < -0.3 is 9.84 Å². The zero-order chi connectivity index (χ0) is 14.8. The van der Waals surface area contributed by atoms with Gasteiger partial charge in [0.1, 0.15) is 5.82 Å². The van der Waals surface area contributed by atoms with Gasteiger partial charge in [-0.25, -0.2) is 17.6 Å². The number of ether oxygens (including phenoxy) is 1. The largest absolute Gasteiger partial charge is 0.478 e. The van der Waals surface area contributed by atoms with Crippen LogP contribution >= 0.6 is 0 Å². The molecule has 0 spiro atoms. The summed E-state index contributed by atoms with van der Waals surface area (Å²) in [5.41, 5.74) is -0.566. The molecule has 0 aliphatic carbocycles.